The van der Waals surface area contributed by atoms with E-state index in [4.69, 9.17) is 11.6 Å². The molecule has 0 aliphatic heterocycles. The third-order valence-corrected chi connectivity index (χ3v) is 1.95. The van der Waals surface area contributed by atoms with Crippen molar-refractivity contribution >= 4 is 17.6 Å². The average Bonchev–Trinajstić information content (AvgIpc) is 2.16. The summed E-state index contributed by atoms with van der Waals surface area (Å²) in [5, 5.41) is 9.36. The molecule has 1 aromatic carbocycles. The highest BCUT2D eigenvalue weighted by Crippen LogP contribution is 2.22. The SMILES string of the molecule is COC(=O)c1c(O)cccc1CCl. The number of carbonyl (C=O) groups is 1. The summed E-state index contributed by atoms with van der Waals surface area (Å²) in [4.78, 5) is 11.2. The lowest BCUT2D eigenvalue weighted by molar-refractivity contribution is 0.0596. The van der Waals surface area contributed by atoms with Crippen LogP contribution in [0.5, 0.6) is 5.75 Å². The second-order valence-electron chi connectivity index (χ2n) is 2.44. The molecule has 0 saturated heterocycles. The van der Waals surface area contributed by atoms with Crippen LogP contribution in [0.3, 0.4) is 0 Å². The Morgan fingerprint density at radius 1 is 1.62 bits per heavy atom. The van der Waals surface area contributed by atoms with E-state index < -0.39 is 5.97 Å². The first kappa shape index (κ1) is 9.86. The van der Waals surface area contributed by atoms with Crippen molar-refractivity contribution in [2.75, 3.05) is 7.11 Å². The number of rotatable bonds is 2. The van der Waals surface area contributed by atoms with E-state index >= 15 is 0 Å². The molecule has 3 nitrogen and oxygen atoms in total. The van der Waals surface area contributed by atoms with E-state index in [2.05, 4.69) is 4.74 Å². The first-order valence-electron chi connectivity index (χ1n) is 3.65. The number of esters is 1. The van der Waals surface area contributed by atoms with Gasteiger partial charge in [0, 0.05) is 5.88 Å². The number of benzene rings is 1. The van der Waals surface area contributed by atoms with E-state index in [1.165, 1.54) is 13.2 Å². The Bertz CT molecular complexity index is 323. The van der Waals surface area contributed by atoms with Gasteiger partial charge in [-0.25, -0.2) is 4.79 Å². The summed E-state index contributed by atoms with van der Waals surface area (Å²) in [6, 6.07) is 4.71. The van der Waals surface area contributed by atoms with E-state index in [1.807, 2.05) is 0 Å². The van der Waals surface area contributed by atoms with Crippen LogP contribution in [0.15, 0.2) is 18.2 Å². The van der Waals surface area contributed by atoms with Gasteiger partial charge in [-0.15, -0.1) is 11.6 Å². The molecule has 0 atom stereocenters. The fourth-order valence-electron chi connectivity index (χ4n) is 1.04. The predicted molar refractivity (Wildman–Crippen MR) is 49.0 cm³/mol. The standard InChI is InChI=1S/C9H9ClO3/c1-13-9(12)8-6(5-10)3-2-4-7(8)11/h2-4,11H,5H2,1H3. The van der Waals surface area contributed by atoms with Crippen LogP contribution in [0.2, 0.25) is 0 Å². The molecule has 0 aliphatic rings. The molecule has 0 unspecified atom stereocenters. The number of hydrogen-bond donors (Lipinski definition) is 1. The van der Waals surface area contributed by atoms with E-state index in [0.29, 0.717) is 5.56 Å². The molecule has 1 N–H and O–H groups in total. The van der Waals surface area contributed by atoms with Crippen LogP contribution in [0.25, 0.3) is 0 Å². The number of carbonyl (C=O) groups excluding carboxylic acids is 1. The van der Waals surface area contributed by atoms with Gasteiger partial charge in [0.25, 0.3) is 0 Å². The molecule has 0 amide bonds. The van der Waals surface area contributed by atoms with Crippen molar-refractivity contribution in [3.63, 3.8) is 0 Å². The quantitative estimate of drug-likeness (QED) is 0.586. The molecule has 0 aromatic heterocycles. The molecule has 0 bridgehead atoms. The van der Waals surface area contributed by atoms with Crippen LogP contribution < -0.4 is 0 Å². The zero-order valence-electron chi connectivity index (χ0n) is 7.08. The molecule has 0 radical (unpaired) electrons. The number of phenols is 1. The van der Waals surface area contributed by atoms with Gasteiger partial charge in [0.1, 0.15) is 11.3 Å². The zero-order valence-corrected chi connectivity index (χ0v) is 7.84. The van der Waals surface area contributed by atoms with Crippen molar-refractivity contribution in [1.82, 2.24) is 0 Å². The Morgan fingerprint density at radius 3 is 2.85 bits per heavy atom. The van der Waals surface area contributed by atoms with Crippen molar-refractivity contribution in [3.8, 4) is 5.75 Å². The Kier molecular flexibility index (Phi) is 3.14. The number of ether oxygens (including phenoxy) is 1. The molecular weight excluding hydrogens is 192 g/mol. The average molecular weight is 201 g/mol. The van der Waals surface area contributed by atoms with Gasteiger partial charge in [-0.2, -0.15) is 0 Å². The van der Waals surface area contributed by atoms with Gasteiger partial charge in [0.15, 0.2) is 0 Å². The summed E-state index contributed by atoms with van der Waals surface area (Å²) in [6.45, 7) is 0. The van der Waals surface area contributed by atoms with Crippen LogP contribution in [0, 0.1) is 0 Å². The van der Waals surface area contributed by atoms with Crippen molar-refractivity contribution in [1.29, 1.82) is 0 Å². The number of phenolic OH excluding ortho intramolecular Hbond substituents is 1. The van der Waals surface area contributed by atoms with E-state index in [0.717, 1.165) is 0 Å². The summed E-state index contributed by atoms with van der Waals surface area (Å²) >= 11 is 5.59. The van der Waals surface area contributed by atoms with Gasteiger partial charge in [-0.05, 0) is 11.6 Å². The highest BCUT2D eigenvalue weighted by Gasteiger charge is 2.15. The minimum atomic E-state index is -0.575. The predicted octanol–water partition coefficient (Wildman–Crippen LogP) is 1.92. The fourth-order valence-corrected chi connectivity index (χ4v) is 1.26. The van der Waals surface area contributed by atoms with Crippen molar-refractivity contribution in [3.05, 3.63) is 29.3 Å². The summed E-state index contributed by atoms with van der Waals surface area (Å²) in [5.74, 6) is -0.516. The van der Waals surface area contributed by atoms with E-state index in [-0.39, 0.29) is 17.2 Å². The Balaban J connectivity index is 3.22. The van der Waals surface area contributed by atoms with Crippen molar-refractivity contribution in [2.24, 2.45) is 0 Å². The lowest BCUT2D eigenvalue weighted by Gasteiger charge is -2.06. The van der Waals surface area contributed by atoms with Crippen LogP contribution in [0.1, 0.15) is 15.9 Å². The highest BCUT2D eigenvalue weighted by atomic mass is 35.5. The second-order valence-corrected chi connectivity index (χ2v) is 2.70. The van der Waals surface area contributed by atoms with Crippen LogP contribution in [0.4, 0.5) is 0 Å². The van der Waals surface area contributed by atoms with Gasteiger partial charge >= 0.3 is 5.97 Å². The first-order valence-corrected chi connectivity index (χ1v) is 4.19. The molecule has 13 heavy (non-hydrogen) atoms. The molecule has 1 rings (SSSR count). The normalized spacial score (nSPS) is 9.69. The van der Waals surface area contributed by atoms with Crippen LogP contribution >= 0.6 is 11.6 Å². The van der Waals surface area contributed by atoms with E-state index in [1.54, 1.807) is 12.1 Å². The van der Waals surface area contributed by atoms with Gasteiger partial charge in [-0.3, -0.25) is 0 Å². The number of alkyl halides is 1. The number of aromatic hydroxyl groups is 1. The van der Waals surface area contributed by atoms with E-state index in [9.17, 15) is 9.90 Å². The minimum Gasteiger partial charge on any atom is -0.507 e. The largest absolute Gasteiger partial charge is 0.507 e. The summed E-state index contributed by atoms with van der Waals surface area (Å²) < 4.78 is 4.50. The Hall–Kier alpha value is -1.22. The maximum Gasteiger partial charge on any atom is 0.341 e. The van der Waals surface area contributed by atoms with Gasteiger partial charge in [-0.1, -0.05) is 12.1 Å². The zero-order chi connectivity index (χ0) is 9.84. The number of hydrogen-bond acceptors (Lipinski definition) is 3. The first-order chi connectivity index (χ1) is 6.20. The summed E-state index contributed by atoms with van der Waals surface area (Å²) in [7, 11) is 1.26. The van der Waals surface area contributed by atoms with Crippen LogP contribution in [-0.4, -0.2) is 18.2 Å². The maximum atomic E-state index is 11.2. The molecule has 0 spiro atoms. The maximum absolute atomic E-state index is 11.2. The summed E-state index contributed by atoms with van der Waals surface area (Å²) in [5.41, 5.74) is 0.702. The number of halogens is 1. The Labute approximate surface area is 80.9 Å². The lowest BCUT2D eigenvalue weighted by atomic mass is 10.1. The third kappa shape index (κ3) is 1.92. The smallest absolute Gasteiger partial charge is 0.341 e. The van der Waals surface area contributed by atoms with Gasteiger partial charge in [0.2, 0.25) is 0 Å². The molecule has 70 valence electrons. The van der Waals surface area contributed by atoms with Gasteiger partial charge in [0.05, 0.1) is 7.11 Å². The molecule has 1 aromatic rings. The molecule has 0 heterocycles. The highest BCUT2D eigenvalue weighted by molar-refractivity contribution is 6.17. The number of methoxy groups -OCH3 is 1. The van der Waals surface area contributed by atoms with Crippen LogP contribution in [-0.2, 0) is 10.6 Å². The second kappa shape index (κ2) is 4.14. The molecule has 0 aliphatic carbocycles. The Morgan fingerprint density at radius 2 is 2.31 bits per heavy atom. The third-order valence-electron chi connectivity index (χ3n) is 1.66. The topological polar surface area (TPSA) is 46.5 Å². The van der Waals surface area contributed by atoms with Gasteiger partial charge < -0.3 is 9.84 Å². The minimum absolute atomic E-state index is 0.106. The molecule has 0 fully saturated rings. The fraction of sp³-hybridized carbons (Fsp3) is 0.222. The monoisotopic (exact) mass is 200 g/mol. The summed E-state index contributed by atoms with van der Waals surface area (Å²) in [6.07, 6.45) is 0. The molecular formula is C9H9ClO3. The molecule has 0 saturated carbocycles. The molecule has 4 heteroatoms. The lowest BCUT2D eigenvalue weighted by Crippen LogP contribution is -2.05. The van der Waals surface area contributed by atoms with Crippen molar-refractivity contribution < 1.29 is 14.6 Å². The van der Waals surface area contributed by atoms with Crippen molar-refractivity contribution in [2.45, 2.75) is 5.88 Å².